The zero-order valence-electron chi connectivity index (χ0n) is 21.7. The number of halogens is 3. The van der Waals surface area contributed by atoms with Crippen molar-refractivity contribution in [2.75, 3.05) is 39.5 Å². The van der Waals surface area contributed by atoms with Gasteiger partial charge in [0.15, 0.2) is 18.1 Å². The molecule has 0 spiro atoms. The second-order valence-electron chi connectivity index (χ2n) is 8.79. The van der Waals surface area contributed by atoms with E-state index in [-0.39, 0.29) is 28.8 Å². The van der Waals surface area contributed by atoms with Crippen molar-refractivity contribution in [2.24, 2.45) is 5.10 Å². The van der Waals surface area contributed by atoms with Crippen LogP contribution in [0.4, 0.5) is 0 Å². The first-order chi connectivity index (χ1) is 18.8. The molecule has 1 saturated heterocycles. The summed E-state index contributed by atoms with van der Waals surface area (Å²) in [5, 5.41) is 5.21. The number of nitrogens with zero attached hydrogens (tertiary/aromatic N) is 4. The molecule has 1 aromatic heterocycles. The highest BCUT2D eigenvalue weighted by molar-refractivity contribution is 9.10. The summed E-state index contributed by atoms with van der Waals surface area (Å²) in [6.45, 7) is 6.13. The number of rotatable bonds is 10. The molecule has 1 fully saturated rings. The second-order valence-corrected chi connectivity index (χ2v) is 10.9. The van der Waals surface area contributed by atoms with Gasteiger partial charge in [0.25, 0.3) is 11.5 Å². The van der Waals surface area contributed by atoms with Gasteiger partial charge in [0.1, 0.15) is 10.8 Å². The highest BCUT2D eigenvalue weighted by Crippen LogP contribution is 2.42. The van der Waals surface area contributed by atoms with Gasteiger partial charge in [-0.15, -0.1) is 0 Å². The third-order valence-electron chi connectivity index (χ3n) is 6.10. The third kappa shape index (κ3) is 7.00. The number of aryl methyl sites for hydroxylation is 1. The lowest BCUT2D eigenvalue weighted by atomic mass is 10.2. The summed E-state index contributed by atoms with van der Waals surface area (Å²) in [6.07, 6.45) is 3.95. The summed E-state index contributed by atoms with van der Waals surface area (Å²) in [6, 6.07) is 7.12. The van der Waals surface area contributed by atoms with Crippen LogP contribution in [0.1, 0.15) is 38.1 Å². The number of benzene rings is 2. The number of aromatic nitrogens is 2. The van der Waals surface area contributed by atoms with E-state index in [4.69, 9.17) is 30.8 Å². The van der Waals surface area contributed by atoms with Crippen LogP contribution in [-0.4, -0.2) is 66.2 Å². The van der Waals surface area contributed by atoms with Crippen LogP contribution in [0.3, 0.4) is 0 Å². The normalized spacial score (nSPS) is 13.8. The number of carbonyl (C=O) groups is 1. The molecule has 1 aliphatic rings. The van der Waals surface area contributed by atoms with Crippen LogP contribution < -0.4 is 15.0 Å². The lowest BCUT2D eigenvalue weighted by molar-refractivity contribution is -0.137. The predicted octanol–water partition coefficient (Wildman–Crippen LogP) is 5.44. The molecule has 1 amide bonds. The zero-order valence-corrected chi connectivity index (χ0v) is 25.6. The molecule has 0 aliphatic carbocycles. The average Bonchev–Trinajstić information content (AvgIpc) is 2.94. The monoisotopic (exact) mass is 682 g/mol. The molecule has 0 saturated carbocycles. The summed E-state index contributed by atoms with van der Waals surface area (Å²) < 4.78 is 19.5. The molecule has 208 valence electrons. The fourth-order valence-electron chi connectivity index (χ4n) is 4.06. The van der Waals surface area contributed by atoms with Crippen LogP contribution in [0.15, 0.2) is 43.1 Å². The molecule has 0 bridgehead atoms. The van der Waals surface area contributed by atoms with Crippen molar-refractivity contribution in [3.63, 3.8) is 0 Å². The number of ether oxygens (including phenoxy) is 3. The van der Waals surface area contributed by atoms with Gasteiger partial charge in [-0.3, -0.25) is 9.59 Å². The minimum atomic E-state index is -0.266. The van der Waals surface area contributed by atoms with E-state index in [1.807, 2.05) is 19.1 Å². The van der Waals surface area contributed by atoms with E-state index in [2.05, 4.69) is 43.9 Å². The minimum absolute atomic E-state index is 0.159. The SMILES string of the molecule is CCCCc1nc2ccc(Br)cc2c(=O)n1N=Cc1cc(OCC)c(OCC(=O)N2CCOCC2)c(Cl)c1Br. The highest BCUT2D eigenvalue weighted by atomic mass is 79.9. The number of unbranched alkanes of at least 4 members (excludes halogenated alkanes) is 1. The Hall–Kier alpha value is -2.47. The number of carbonyl (C=O) groups excluding carboxylic acids is 1. The minimum Gasteiger partial charge on any atom is -0.490 e. The lowest BCUT2D eigenvalue weighted by Crippen LogP contribution is -2.43. The van der Waals surface area contributed by atoms with Gasteiger partial charge in [-0.25, -0.2) is 4.98 Å². The van der Waals surface area contributed by atoms with Crippen molar-refractivity contribution in [1.82, 2.24) is 14.6 Å². The fraction of sp³-hybridized carbons (Fsp3) is 0.407. The molecule has 1 aliphatic heterocycles. The van der Waals surface area contributed by atoms with Crippen molar-refractivity contribution in [1.29, 1.82) is 0 Å². The van der Waals surface area contributed by atoms with E-state index < -0.39 is 0 Å². The van der Waals surface area contributed by atoms with Crippen molar-refractivity contribution >= 4 is 66.5 Å². The molecule has 2 aromatic carbocycles. The van der Waals surface area contributed by atoms with E-state index in [1.165, 1.54) is 10.9 Å². The molecule has 2 heterocycles. The molecule has 0 N–H and O–H groups in total. The van der Waals surface area contributed by atoms with Crippen LogP contribution >= 0.6 is 43.5 Å². The van der Waals surface area contributed by atoms with E-state index >= 15 is 0 Å². The quantitative estimate of drug-likeness (QED) is 0.264. The van der Waals surface area contributed by atoms with Gasteiger partial charge in [0, 0.05) is 34.0 Å². The van der Waals surface area contributed by atoms with Crippen LogP contribution in [0.2, 0.25) is 5.02 Å². The number of hydrogen-bond acceptors (Lipinski definition) is 7. The number of fused-ring (bicyclic) bond motifs is 1. The highest BCUT2D eigenvalue weighted by Gasteiger charge is 2.22. The first kappa shape index (κ1) is 29.5. The molecular weight excluding hydrogens is 656 g/mol. The van der Waals surface area contributed by atoms with Crippen LogP contribution in [-0.2, 0) is 16.0 Å². The van der Waals surface area contributed by atoms with Gasteiger partial charge in [-0.05, 0) is 53.5 Å². The first-order valence-electron chi connectivity index (χ1n) is 12.7. The van der Waals surface area contributed by atoms with Crippen LogP contribution in [0.25, 0.3) is 10.9 Å². The Balaban J connectivity index is 1.68. The second kappa shape index (κ2) is 13.7. The Kier molecular flexibility index (Phi) is 10.4. The fourth-order valence-corrected chi connectivity index (χ4v) is 5.08. The lowest BCUT2D eigenvalue weighted by Gasteiger charge is -2.27. The topological polar surface area (TPSA) is 95.2 Å². The van der Waals surface area contributed by atoms with Gasteiger partial charge >= 0.3 is 0 Å². The molecular formula is C27H29Br2ClN4O5. The van der Waals surface area contributed by atoms with Crippen LogP contribution in [0, 0.1) is 0 Å². The van der Waals surface area contributed by atoms with Crippen molar-refractivity contribution in [2.45, 2.75) is 33.1 Å². The van der Waals surface area contributed by atoms with Crippen molar-refractivity contribution in [3.05, 3.63) is 60.0 Å². The van der Waals surface area contributed by atoms with Crippen LogP contribution in [0.5, 0.6) is 11.5 Å². The largest absolute Gasteiger partial charge is 0.490 e. The standard InChI is InChI=1S/C27H29Br2ClN4O5/c1-3-5-6-22-32-20-8-7-18(28)14-19(20)27(36)34(22)31-15-17-13-21(38-4-2)26(25(30)24(17)29)39-16-23(35)33-9-11-37-12-10-33/h7-8,13-15H,3-6,9-12,16H2,1-2H3. The van der Waals surface area contributed by atoms with E-state index in [9.17, 15) is 9.59 Å². The summed E-state index contributed by atoms with van der Waals surface area (Å²) >= 11 is 13.6. The van der Waals surface area contributed by atoms with E-state index in [0.717, 1.165) is 17.3 Å². The molecule has 0 atom stereocenters. The van der Waals surface area contributed by atoms with Gasteiger partial charge in [-0.2, -0.15) is 9.78 Å². The number of hydrogen-bond donors (Lipinski definition) is 0. The zero-order chi connectivity index (χ0) is 27.9. The van der Waals surface area contributed by atoms with E-state index in [1.54, 1.807) is 17.0 Å². The maximum absolute atomic E-state index is 13.4. The van der Waals surface area contributed by atoms with Gasteiger partial charge in [-0.1, -0.05) is 40.9 Å². The Bertz CT molecular complexity index is 1440. The summed E-state index contributed by atoms with van der Waals surface area (Å²) in [7, 11) is 0. The average molecular weight is 685 g/mol. The molecule has 3 aromatic rings. The maximum atomic E-state index is 13.4. The summed E-state index contributed by atoms with van der Waals surface area (Å²) in [4.78, 5) is 32.4. The Morgan fingerprint density at radius 1 is 1.21 bits per heavy atom. The number of morpholine rings is 1. The summed E-state index contributed by atoms with van der Waals surface area (Å²) in [5.41, 5.74) is 0.923. The maximum Gasteiger partial charge on any atom is 0.282 e. The Morgan fingerprint density at radius 3 is 2.69 bits per heavy atom. The van der Waals surface area contributed by atoms with Gasteiger partial charge in [0.05, 0.1) is 36.9 Å². The van der Waals surface area contributed by atoms with Crippen molar-refractivity contribution < 1.29 is 19.0 Å². The van der Waals surface area contributed by atoms with Gasteiger partial charge < -0.3 is 19.1 Å². The molecule has 9 nitrogen and oxygen atoms in total. The van der Waals surface area contributed by atoms with Crippen molar-refractivity contribution in [3.8, 4) is 11.5 Å². The van der Waals surface area contributed by atoms with Gasteiger partial charge in [0.2, 0.25) is 0 Å². The Morgan fingerprint density at radius 2 is 1.97 bits per heavy atom. The molecule has 39 heavy (non-hydrogen) atoms. The number of amides is 1. The third-order valence-corrected chi connectivity index (χ3v) is 8.04. The predicted molar refractivity (Wildman–Crippen MR) is 159 cm³/mol. The Labute approximate surface area is 248 Å². The summed E-state index contributed by atoms with van der Waals surface area (Å²) in [5.74, 6) is 1.03. The smallest absolute Gasteiger partial charge is 0.282 e. The first-order valence-corrected chi connectivity index (χ1v) is 14.7. The van der Waals surface area contributed by atoms with E-state index in [0.29, 0.717) is 71.8 Å². The molecule has 12 heteroatoms. The molecule has 0 unspecified atom stereocenters. The molecule has 4 rings (SSSR count). The molecule has 0 radical (unpaired) electrons.